The predicted molar refractivity (Wildman–Crippen MR) is 198 cm³/mol. The molecule has 0 amide bonds. The minimum atomic E-state index is 0.667. The van der Waals surface area contributed by atoms with Crippen molar-refractivity contribution in [2.75, 3.05) is 0 Å². The fourth-order valence-corrected chi connectivity index (χ4v) is 8.78. The van der Waals surface area contributed by atoms with E-state index < -0.39 is 0 Å². The van der Waals surface area contributed by atoms with Crippen LogP contribution in [0.4, 0.5) is 0 Å². The zero-order chi connectivity index (χ0) is 31.6. The first kappa shape index (κ1) is 27.5. The molecule has 5 aromatic carbocycles. The number of hydrogen-bond donors (Lipinski definition) is 0. The van der Waals surface area contributed by atoms with Gasteiger partial charge in [0.05, 0.1) is 0 Å². The Labute approximate surface area is 281 Å². The van der Waals surface area contributed by atoms with Crippen LogP contribution in [0, 0.1) is 0 Å². The van der Waals surface area contributed by atoms with E-state index >= 15 is 0 Å². The number of aryl methyl sites for hydroxylation is 1. The van der Waals surface area contributed by atoms with E-state index in [2.05, 4.69) is 109 Å². The van der Waals surface area contributed by atoms with Crippen LogP contribution in [0.15, 0.2) is 126 Å². The Morgan fingerprint density at radius 2 is 1.38 bits per heavy atom. The highest BCUT2D eigenvalue weighted by atomic mass is 32.1. The molecule has 228 valence electrons. The van der Waals surface area contributed by atoms with Gasteiger partial charge in [-0.15, -0.1) is 11.3 Å². The van der Waals surface area contributed by atoms with E-state index in [4.69, 9.17) is 19.4 Å². The smallest absolute Gasteiger partial charge is 0.164 e. The van der Waals surface area contributed by atoms with Crippen molar-refractivity contribution >= 4 is 55.7 Å². The number of aromatic nitrogens is 3. The maximum atomic E-state index is 6.29. The molecule has 2 aliphatic carbocycles. The second-order valence-electron chi connectivity index (χ2n) is 12.5. The normalized spacial score (nSPS) is 14.0. The van der Waals surface area contributed by atoms with Crippen molar-refractivity contribution in [2.24, 2.45) is 0 Å². The molecule has 0 saturated carbocycles. The average Bonchev–Trinajstić information content (AvgIpc) is 3.73. The van der Waals surface area contributed by atoms with E-state index in [9.17, 15) is 0 Å². The van der Waals surface area contributed by atoms with Gasteiger partial charge in [0.1, 0.15) is 11.2 Å². The van der Waals surface area contributed by atoms with E-state index in [0.29, 0.717) is 11.6 Å². The number of furan rings is 1. The summed E-state index contributed by atoms with van der Waals surface area (Å²) in [6.45, 7) is 0. The van der Waals surface area contributed by atoms with Crippen molar-refractivity contribution in [3.05, 3.63) is 148 Å². The molecule has 4 nitrogen and oxygen atoms in total. The Morgan fingerprint density at radius 3 is 2.33 bits per heavy atom. The fraction of sp³-hybridized carbons (Fsp3) is 0.0930. The number of allylic oxidation sites excluding steroid dienone is 2. The number of hydrogen-bond acceptors (Lipinski definition) is 5. The van der Waals surface area contributed by atoms with Crippen LogP contribution in [0.3, 0.4) is 0 Å². The highest BCUT2D eigenvalue weighted by Gasteiger charge is 2.27. The maximum Gasteiger partial charge on any atom is 0.164 e. The molecule has 0 aliphatic heterocycles. The number of para-hydroxylation sites is 1. The monoisotopic (exact) mass is 635 g/mol. The van der Waals surface area contributed by atoms with Crippen molar-refractivity contribution in [2.45, 2.75) is 25.7 Å². The second-order valence-corrected chi connectivity index (χ2v) is 13.7. The molecule has 2 aliphatic rings. The van der Waals surface area contributed by atoms with Gasteiger partial charge < -0.3 is 4.42 Å². The van der Waals surface area contributed by atoms with Crippen molar-refractivity contribution in [3.8, 4) is 33.9 Å². The number of rotatable bonds is 4. The fourth-order valence-electron chi connectivity index (χ4n) is 7.47. The van der Waals surface area contributed by atoms with Crippen LogP contribution in [0.5, 0.6) is 0 Å². The Balaban J connectivity index is 1.22. The summed E-state index contributed by atoms with van der Waals surface area (Å²) in [4.78, 5) is 18.7. The summed E-state index contributed by atoms with van der Waals surface area (Å²) in [6.07, 6.45) is 11.1. The minimum absolute atomic E-state index is 0.667. The molecule has 3 aromatic heterocycles. The SMILES string of the molecule is C1=Cc2sc3c(c2CC1)C(c1nc(-c2ccc4ccccc4c2)nc(-c2ccccc2-c2cccc4oc5ccccc5c24)n1)=CCC3. The van der Waals surface area contributed by atoms with Crippen molar-refractivity contribution in [3.63, 3.8) is 0 Å². The van der Waals surface area contributed by atoms with Gasteiger partial charge in [-0.2, -0.15) is 0 Å². The average molecular weight is 636 g/mol. The lowest BCUT2D eigenvalue weighted by Gasteiger charge is -2.18. The molecule has 0 bridgehead atoms. The van der Waals surface area contributed by atoms with E-state index in [1.54, 1.807) is 0 Å². The van der Waals surface area contributed by atoms with Gasteiger partial charge in [0.15, 0.2) is 17.5 Å². The lowest BCUT2D eigenvalue weighted by Crippen LogP contribution is -2.08. The standard InChI is InChI=1S/C43H29N3OS/c1-2-12-27-25-28(24-23-26(27)11-1)41-44-42(46-43(45-41)34-18-10-22-38-40(34)33-16-6-8-21-37(33)48-38)31-14-4-3-13-29(31)30-17-9-20-36-39(30)32-15-5-7-19-35(32)47-36/h1-5,7-9,11-15,17-21,23-25H,6,10,16,22H2. The van der Waals surface area contributed by atoms with Gasteiger partial charge in [0.25, 0.3) is 0 Å². The van der Waals surface area contributed by atoms with E-state index in [1.807, 2.05) is 29.5 Å². The summed E-state index contributed by atoms with van der Waals surface area (Å²) >= 11 is 1.93. The Hall–Kier alpha value is -5.65. The van der Waals surface area contributed by atoms with Gasteiger partial charge in [-0.05, 0) is 77.4 Å². The molecule has 0 fully saturated rings. The molecule has 5 heteroatoms. The number of fused-ring (bicyclic) bond motifs is 7. The van der Waals surface area contributed by atoms with Crippen molar-refractivity contribution < 1.29 is 4.42 Å². The van der Waals surface area contributed by atoms with E-state index in [0.717, 1.165) is 86.7 Å². The van der Waals surface area contributed by atoms with Crippen molar-refractivity contribution in [1.82, 2.24) is 15.0 Å². The van der Waals surface area contributed by atoms with Crippen LogP contribution in [-0.2, 0) is 12.8 Å². The first-order valence-electron chi connectivity index (χ1n) is 16.6. The van der Waals surface area contributed by atoms with Gasteiger partial charge in [-0.25, -0.2) is 15.0 Å². The molecule has 0 radical (unpaired) electrons. The summed E-state index contributed by atoms with van der Waals surface area (Å²) in [7, 11) is 0. The van der Waals surface area contributed by atoms with Crippen LogP contribution >= 0.6 is 11.3 Å². The van der Waals surface area contributed by atoms with Gasteiger partial charge in [0.2, 0.25) is 0 Å². The zero-order valence-electron chi connectivity index (χ0n) is 26.1. The number of benzene rings is 5. The van der Waals surface area contributed by atoms with Gasteiger partial charge >= 0.3 is 0 Å². The molecule has 8 aromatic rings. The van der Waals surface area contributed by atoms with Crippen LogP contribution in [-0.4, -0.2) is 15.0 Å². The van der Waals surface area contributed by atoms with Crippen LogP contribution in [0.25, 0.3) is 78.3 Å². The quantitative estimate of drug-likeness (QED) is 0.193. The summed E-state index contributed by atoms with van der Waals surface area (Å²) in [5.41, 5.74) is 9.77. The molecule has 10 rings (SSSR count). The highest BCUT2D eigenvalue weighted by molar-refractivity contribution is 7.13. The third-order valence-corrected chi connectivity index (χ3v) is 10.9. The largest absolute Gasteiger partial charge is 0.456 e. The number of nitrogens with zero attached hydrogens (tertiary/aromatic N) is 3. The van der Waals surface area contributed by atoms with Crippen LogP contribution in [0.1, 0.15) is 39.5 Å². The zero-order valence-corrected chi connectivity index (χ0v) is 26.9. The summed E-state index contributed by atoms with van der Waals surface area (Å²) < 4.78 is 6.29. The highest BCUT2D eigenvalue weighted by Crippen LogP contribution is 2.44. The molecule has 0 unspecified atom stereocenters. The second kappa shape index (κ2) is 11.0. The molecule has 0 saturated heterocycles. The summed E-state index contributed by atoms with van der Waals surface area (Å²) in [5, 5.41) is 4.55. The maximum absolute atomic E-state index is 6.29. The summed E-state index contributed by atoms with van der Waals surface area (Å²) in [5.74, 6) is 2.08. The van der Waals surface area contributed by atoms with Crippen LogP contribution < -0.4 is 0 Å². The number of thiophene rings is 1. The first-order valence-corrected chi connectivity index (χ1v) is 17.4. The molecular formula is C43H29N3OS. The Kier molecular flexibility index (Phi) is 6.27. The van der Waals surface area contributed by atoms with Crippen LogP contribution in [0.2, 0.25) is 0 Å². The Morgan fingerprint density at radius 1 is 0.604 bits per heavy atom. The Bertz CT molecular complexity index is 2640. The lowest BCUT2D eigenvalue weighted by molar-refractivity contribution is 0.669. The predicted octanol–water partition coefficient (Wildman–Crippen LogP) is 11.3. The van der Waals surface area contributed by atoms with Gasteiger partial charge in [-0.3, -0.25) is 0 Å². The molecule has 0 N–H and O–H groups in total. The third kappa shape index (κ3) is 4.39. The van der Waals surface area contributed by atoms with E-state index in [-0.39, 0.29) is 0 Å². The van der Waals surface area contributed by atoms with Crippen molar-refractivity contribution in [1.29, 1.82) is 0 Å². The van der Waals surface area contributed by atoms with E-state index in [1.165, 1.54) is 26.3 Å². The molecule has 0 atom stereocenters. The summed E-state index contributed by atoms with van der Waals surface area (Å²) in [6, 6.07) is 37.9. The molecular weight excluding hydrogens is 607 g/mol. The third-order valence-electron chi connectivity index (χ3n) is 9.68. The topological polar surface area (TPSA) is 51.8 Å². The molecule has 48 heavy (non-hydrogen) atoms. The minimum Gasteiger partial charge on any atom is -0.456 e. The van der Waals surface area contributed by atoms with Gasteiger partial charge in [0, 0.05) is 42.8 Å². The first-order chi connectivity index (χ1) is 23.8. The van der Waals surface area contributed by atoms with Gasteiger partial charge in [-0.1, -0.05) is 103 Å². The lowest BCUT2D eigenvalue weighted by atomic mass is 9.89. The molecule has 0 spiro atoms. The molecule has 3 heterocycles.